The van der Waals surface area contributed by atoms with Gasteiger partial charge < -0.3 is 13.9 Å². The zero-order valence-electron chi connectivity index (χ0n) is 28.6. The van der Waals surface area contributed by atoms with E-state index >= 15 is 0 Å². The van der Waals surface area contributed by atoms with E-state index in [0.29, 0.717) is 5.56 Å². The standard InChI is InChI=1S/C49H31N3O/c50-30-31-18-24-47-41(26-31)42-28-33(21-25-48(42)53-47)32-19-22-44-39(27-32)40-29-34(20-23-45(40)51(44)35-10-3-1-4-11-35)37-15-9-17-46-49(37)38-14-7-8-16-43(38)52(46)36-12-5-2-6-13-36/h1-29,40,45H. The molecule has 0 fully saturated rings. The smallest absolute Gasteiger partial charge is 0.135 e. The number of rotatable bonds is 4. The number of hydrogen-bond donors (Lipinski definition) is 0. The molecule has 9 aromatic rings. The van der Waals surface area contributed by atoms with Gasteiger partial charge in [-0.05, 0) is 107 Å². The summed E-state index contributed by atoms with van der Waals surface area (Å²) in [5.41, 5.74) is 14.3. The predicted molar refractivity (Wildman–Crippen MR) is 217 cm³/mol. The van der Waals surface area contributed by atoms with Gasteiger partial charge in [-0.1, -0.05) is 97.1 Å². The van der Waals surface area contributed by atoms with Crippen LogP contribution in [0.2, 0.25) is 0 Å². The monoisotopic (exact) mass is 677 g/mol. The average Bonchev–Trinajstić information content (AvgIpc) is 3.88. The molecule has 4 nitrogen and oxygen atoms in total. The Kier molecular flexibility index (Phi) is 6.41. The Hall–Kier alpha value is -7.09. The zero-order chi connectivity index (χ0) is 35.0. The molecule has 7 aromatic carbocycles. The normalized spacial score (nSPS) is 16.3. The Bertz CT molecular complexity index is 3030. The van der Waals surface area contributed by atoms with Crippen LogP contribution in [0, 0.1) is 11.3 Å². The van der Waals surface area contributed by atoms with Crippen LogP contribution in [-0.2, 0) is 0 Å². The fourth-order valence-electron chi connectivity index (χ4n) is 8.79. The molecule has 11 rings (SSSR count). The third kappa shape index (κ3) is 4.48. The summed E-state index contributed by atoms with van der Waals surface area (Å²) in [5.74, 6) is 0.138. The second-order valence-electron chi connectivity index (χ2n) is 14.0. The summed E-state index contributed by atoms with van der Waals surface area (Å²) in [7, 11) is 0. The number of nitrogens with zero attached hydrogens (tertiary/aromatic N) is 3. The Labute approximate surface area is 306 Å². The second kappa shape index (κ2) is 11.5. The zero-order valence-corrected chi connectivity index (χ0v) is 28.6. The quantitative estimate of drug-likeness (QED) is 0.186. The van der Waals surface area contributed by atoms with Crippen LogP contribution in [0.3, 0.4) is 0 Å². The molecular formula is C49H31N3O. The SMILES string of the molecule is N#Cc1ccc2oc3ccc(-c4ccc5c(c4)C4C=C(c6cccc7c6c6ccccc6n7-c6ccccc6)C=CC4N5c4ccccc4)cc3c2c1. The van der Waals surface area contributed by atoms with E-state index in [1.54, 1.807) is 0 Å². The van der Waals surface area contributed by atoms with Gasteiger partial charge in [-0.15, -0.1) is 0 Å². The number of hydrogen-bond acceptors (Lipinski definition) is 3. The highest BCUT2D eigenvalue weighted by Crippen LogP contribution is 2.51. The average molecular weight is 678 g/mol. The lowest BCUT2D eigenvalue weighted by Gasteiger charge is -2.29. The van der Waals surface area contributed by atoms with Crippen LogP contribution in [0.5, 0.6) is 0 Å². The largest absolute Gasteiger partial charge is 0.456 e. The van der Waals surface area contributed by atoms with Crippen molar-refractivity contribution in [3.8, 4) is 22.9 Å². The molecule has 0 spiro atoms. The maximum Gasteiger partial charge on any atom is 0.135 e. The summed E-state index contributed by atoms with van der Waals surface area (Å²) < 4.78 is 8.54. The first-order chi connectivity index (χ1) is 26.2. The van der Waals surface area contributed by atoms with Gasteiger partial charge >= 0.3 is 0 Å². The number of benzene rings is 7. The predicted octanol–water partition coefficient (Wildman–Crippen LogP) is 12.5. The molecule has 1 aliphatic heterocycles. The minimum atomic E-state index is 0.138. The number of nitriles is 1. The van der Waals surface area contributed by atoms with Crippen molar-refractivity contribution in [3.63, 3.8) is 0 Å². The van der Waals surface area contributed by atoms with Crippen molar-refractivity contribution in [1.82, 2.24) is 4.57 Å². The van der Waals surface area contributed by atoms with Crippen molar-refractivity contribution >= 4 is 60.7 Å². The van der Waals surface area contributed by atoms with Crippen molar-refractivity contribution in [1.29, 1.82) is 5.26 Å². The number of furan rings is 1. The van der Waals surface area contributed by atoms with Gasteiger partial charge in [0.15, 0.2) is 0 Å². The highest BCUT2D eigenvalue weighted by atomic mass is 16.3. The Morgan fingerprint density at radius 2 is 1.28 bits per heavy atom. The highest BCUT2D eigenvalue weighted by molar-refractivity contribution is 6.14. The Balaban J connectivity index is 1.08. The Morgan fingerprint density at radius 1 is 0.585 bits per heavy atom. The van der Waals surface area contributed by atoms with Gasteiger partial charge in [-0.3, -0.25) is 0 Å². The Morgan fingerprint density at radius 3 is 2.11 bits per heavy atom. The lowest BCUT2D eigenvalue weighted by atomic mass is 9.84. The molecule has 3 heterocycles. The van der Waals surface area contributed by atoms with Crippen LogP contribution in [0.15, 0.2) is 180 Å². The molecule has 2 aliphatic rings. The molecule has 0 saturated carbocycles. The maximum absolute atomic E-state index is 9.57. The van der Waals surface area contributed by atoms with Crippen LogP contribution in [-0.4, -0.2) is 10.6 Å². The van der Waals surface area contributed by atoms with E-state index in [4.69, 9.17) is 4.42 Å². The number of fused-ring (bicyclic) bond motifs is 9. The van der Waals surface area contributed by atoms with Crippen LogP contribution in [0.1, 0.15) is 22.6 Å². The fourth-order valence-corrected chi connectivity index (χ4v) is 8.79. The third-order valence-electron chi connectivity index (χ3n) is 11.1. The molecule has 2 unspecified atom stereocenters. The molecule has 0 radical (unpaired) electrons. The molecular weight excluding hydrogens is 647 g/mol. The van der Waals surface area contributed by atoms with Crippen molar-refractivity contribution in [3.05, 3.63) is 193 Å². The van der Waals surface area contributed by atoms with Crippen molar-refractivity contribution in [2.45, 2.75) is 12.0 Å². The molecule has 0 N–H and O–H groups in total. The molecule has 2 aromatic heterocycles. The number of anilines is 2. The lowest BCUT2D eigenvalue weighted by Crippen LogP contribution is -2.28. The number of para-hydroxylation sites is 3. The van der Waals surface area contributed by atoms with Gasteiger partial charge in [0, 0.05) is 44.5 Å². The van der Waals surface area contributed by atoms with E-state index in [9.17, 15) is 5.26 Å². The van der Waals surface area contributed by atoms with Crippen LogP contribution in [0.4, 0.5) is 11.4 Å². The number of allylic oxidation sites excluding steroid dienone is 2. The minimum absolute atomic E-state index is 0.138. The van der Waals surface area contributed by atoms with Gasteiger partial charge in [0.05, 0.1) is 28.7 Å². The van der Waals surface area contributed by atoms with Gasteiger partial charge in [-0.25, -0.2) is 0 Å². The molecule has 0 saturated heterocycles. The molecule has 0 bridgehead atoms. The molecule has 2 atom stereocenters. The van der Waals surface area contributed by atoms with E-state index < -0.39 is 0 Å². The minimum Gasteiger partial charge on any atom is -0.456 e. The summed E-state index contributed by atoms with van der Waals surface area (Å²) in [5, 5.41) is 14.1. The van der Waals surface area contributed by atoms with E-state index in [1.165, 1.54) is 49.9 Å². The van der Waals surface area contributed by atoms with Crippen LogP contribution < -0.4 is 4.90 Å². The molecule has 4 heteroatoms. The molecule has 0 amide bonds. The highest BCUT2D eigenvalue weighted by Gasteiger charge is 2.39. The van der Waals surface area contributed by atoms with Gasteiger partial charge in [0.1, 0.15) is 11.2 Å². The summed E-state index contributed by atoms with van der Waals surface area (Å²) in [4.78, 5) is 2.49. The van der Waals surface area contributed by atoms with E-state index in [0.717, 1.165) is 38.8 Å². The molecule has 248 valence electrons. The van der Waals surface area contributed by atoms with Crippen molar-refractivity contribution < 1.29 is 4.42 Å². The molecule has 53 heavy (non-hydrogen) atoms. The van der Waals surface area contributed by atoms with Gasteiger partial charge in [0.25, 0.3) is 0 Å². The maximum atomic E-state index is 9.57. The van der Waals surface area contributed by atoms with E-state index in [1.807, 2.05) is 18.2 Å². The fraction of sp³-hybridized carbons (Fsp3) is 0.0408. The van der Waals surface area contributed by atoms with Crippen LogP contribution >= 0.6 is 0 Å². The summed E-state index contributed by atoms with van der Waals surface area (Å²) in [6.45, 7) is 0. The third-order valence-corrected chi connectivity index (χ3v) is 11.1. The van der Waals surface area contributed by atoms with Crippen molar-refractivity contribution in [2.24, 2.45) is 0 Å². The van der Waals surface area contributed by atoms with Gasteiger partial charge in [-0.2, -0.15) is 5.26 Å². The van der Waals surface area contributed by atoms with Gasteiger partial charge in [0.2, 0.25) is 0 Å². The summed E-state index contributed by atoms with van der Waals surface area (Å²) in [6.07, 6.45) is 7.23. The molecule has 1 aliphatic carbocycles. The summed E-state index contributed by atoms with van der Waals surface area (Å²) in [6, 6.07) is 58.2. The first kappa shape index (κ1) is 29.6. The van der Waals surface area contributed by atoms with E-state index in [2.05, 4.69) is 173 Å². The summed E-state index contributed by atoms with van der Waals surface area (Å²) >= 11 is 0. The first-order valence-corrected chi connectivity index (χ1v) is 18.1. The number of aromatic nitrogens is 1. The van der Waals surface area contributed by atoms with E-state index in [-0.39, 0.29) is 12.0 Å². The topological polar surface area (TPSA) is 45.1 Å². The first-order valence-electron chi connectivity index (χ1n) is 18.1. The van der Waals surface area contributed by atoms with Crippen LogP contribution in [0.25, 0.3) is 66.1 Å². The van der Waals surface area contributed by atoms with Crippen molar-refractivity contribution in [2.75, 3.05) is 4.90 Å². The second-order valence-corrected chi connectivity index (χ2v) is 14.0. The lowest BCUT2D eigenvalue weighted by molar-refractivity contribution is 0.669.